The van der Waals surface area contributed by atoms with Crippen molar-refractivity contribution < 1.29 is 23.9 Å². The lowest BCUT2D eigenvalue weighted by Gasteiger charge is -2.47. The molecule has 3 heterocycles. The standard InChI is InChI=1S/C29H35N3O5/c1-3-23(33)21(12-17-6-4-8-24(17)34)31-27(36)29-14-28(15-29,18-10-11-18)16-32(29)26(35)22-13-19-20(30-22)7-5-9-25(19)37-2/h5,7,9,13,17-18,21,30H,3-4,6,8,10-12,14-16H2,1-2H3,(H,31,36). The first-order chi connectivity index (χ1) is 17.8. The van der Waals surface area contributed by atoms with E-state index >= 15 is 0 Å². The van der Waals surface area contributed by atoms with Crippen molar-refractivity contribution >= 4 is 34.3 Å². The maximum absolute atomic E-state index is 13.9. The van der Waals surface area contributed by atoms with Crippen molar-refractivity contribution in [3.05, 3.63) is 30.0 Å². The van der Waals surface area contributed by atoms with Crippen LogP contribution in [0.2, 0.25) is 0 Å². The highest BCUT2D eigenvalue weighted by atomic mass is 16.5. The third-order valence-corrected chi connectivity index (χ3v) is 9.46. The van der Waals surface area contributed by atoms with E-state index in [1.807, 2.05) is 18.2 Å². The lowest BCUT2D eigenvalue weighted by molar-refractivity contribution is -0.139. The van der Waals surface area contributed by atoms with Gasteiger partial charge in [-0.15, -0.1) is 0 Å². The molecule has 2 N–H and O–H groups in total. The lowest BCUT2D eigenvalue weighted by Crippen LogP contribution is -2.63. The minimum Gasteiger partial charge on any atom is -0.496 e. The molecular formula is C29H35N3O5. The minimum absolute atomic E-state index is 0.0115. The Balaban J connectivity index is 1.28. The normalized spacial score (nSPS) is 29.3. The van der Waals surface area contributed by atoms with E-state index in [0.717, 1.165) is 36.6 Å². The summed E-state index contributed by atoms with van der Waals surface area (Å²) in [4.78, 5) is 57.9. The number of hydrogen-bond acceptors (Lipinski definition) is 5. The largest absolute Gasteiger partial charge is 0.496 e. The number of rotatable bonds is 9. The van der Waals surface area contributed by atoms with Crippen LogP contribution in [0.3, 0.4) is 0 Å². The molecular weight excluding hydrogens is 470 g/mol. The van der Waals surface area contributed by atoms with E-state index in [4.69, 9.17) is 4.74 Å². The SMILES string of the molecule is CCC(=O)C(CC1CCCC1=O)NC(=O)C12CC(C3CC3)(CN1C(=O)c1cc3c(OC)cccc3[nH]1)C2. The maximum Gasteiger partial charge on any atom is 0.271 e. The van der Waals surface area contributed by atoms with Gasteiger partial charge in [0, 0.05) is 36.2 Å². The fourth-order valence-electron chi connectivity index (χ4n) is 7.34. The summed E-state index contributed by atoms with van der Waals surface area (Å²) in [7, 11) is 1.60. The highest BCUT2D eigenvalue weighted by Crippen LogP contribution is 2.68. The molecule has 2 saturated heterocycles. The number of nitrogens with zero attached hydrogens (tertiary/aromatic N) is 1. The van der Waals surface area contributed by atoms with Gasteiger partial charge >= 0.3 is 0 Å². The van der Waals surface area contributed by atoms with Crippen LogP contribution in [0.15, 0.2) is 24.3 Å². The van der Waals surface area contributed by atoms with Gasteiger partial charge in [0.15, 0.2) is 5.78 Å². The van der Waals surface area contributed by atoms with Crippen molar-refractivity contribution in [2.24, 2.45) is 17.3 Å². The van der Waals surface area contributed by atoms with Crippen molar-refractivity contribution in [2.45, 2.75) is 76.3 Å². The van der Waals surface area contributed by atoms with Gasteiger partial charge in [0.05, 0.1) is 13.2 Å². The highest BCUT2D eigenvalue weighted by molar-refractivity contribution is 6.04. The van der Waals surface area contributed by atoms with Crippen molar-refractivity contribution in [2.75, 3.05) is 13.7 Å². The summed E-state index contributed by atoms with van der Waals surface area (Å²) >= 11 is 0. The first kappa shape index (κ1) is 24.2. The smallest absolute Gasteiger partial charge is 0.271 e. The van der Waals surface area contributed by atoms with E-state index in [9.17, 15) is 19.2 Å². The third-order valence-electron chi connectivity index (χ3n) is 9.46. The van der Waals surface area contributed by atoms with Gasteiger partial charge in [0.25, 0.3) is 5.91 Å². The Labute approximate surface area is 216 Å². The first-order valence-corrected chi connectivity index (χ1v) is 13.6. The highest BCUT2D eigenvalue weighted by Gasteiger charge is 2.73. The van der Waals surface area contributed by atoms with E-state index in [1.54, 1.807) is 25.0 Å². The van der Waals surface area contributed by atoms with Crippen molar-refractivity contribution in [3.63, 3.8) is 0 Å². The molecule has 3 saturated carbocycles. The summed E-state index contributed by atoms with van der Waals surface area (Å²) in [5.74, 6) is 0.743. The Morgan fingerprint density at radius 2 is 2.00 bits per heavy atom. The van der Waals surface area contributed by atoms with E-state index in [2.05, 4.69) is 10.3 Å². The molecule has 0 spiro atoms. The molecule has 8 nitrogen and oxygen atoms in total. The molecule has 37 heavy (non-hydrogen) atoms. The van der Waals surface area contributed by atoms with Crippen LogP contribution >= 0.6 is 0 Å². The zero-order valence-electron chi connectivity index (χ0n) is 21.6. The number of aromatic nitrogens is 1. The maximum atomic E-state index is 13.9. The number of ether oxygens (including phenoxy) is 1. The number of methoxy groups -OCH3 is 1. The average molecular weight is 506 g/mol. The van der Waals surface area contributed by atoms with Crippen LogP contribution < -0.4 is 10.1 Å². The molecule has 1 aromatic heterocycles. The van der Waals surface area contributed by atoms with Crippen LogP contribution in [0.5, 0.6) is 5.75 Å². The fourth-order valence-corrected chi connectivity index (χ4v) is 7.34. The Morgan fingerprint density at radius 3 is 2.65 bits per heavy atom. The molecule has 2 unspecified atom stereocenters. The van der Waals surface area contributed by atoms with E-state index < -0.39 is 11.6 Å². The number of hydrogen-bond donors (Lipinski definition) is 2. The Kier molecular flexibility index (Phi) is 5.69. The summed E-state index contributed by atoms with van der Waals surface area (Å²) < 4.78 is 5.46. The van der Waals surface area contributed by atoms with Crippen molar-refractivity contribution in [1.29, 1.82) is 0 Å². The second-order valence-electron chi connectivity index (χ2n) is 11.7. The number of benzene rings is 1. The van der Waals surface area contributed by atoms with E-state index in [0.29, 0.717) is 56.0 Å². The van der Waals surface area contributed by atoms with Crippen LogP contribution in [0, 0.1) is 17.3 Å². The third kappa shape index (κ3) is 3.79. The molecule has 2 amide bonds. The number of amides is 2. The van der Waals surface area contributed by atoms with Gasteiger partial charge in [-0.2, -0.15) is 0 Å². The topological polar surface area (TPSA) is 109 Å². The number of nitrogens with one attached hydrogen (secondary N) is 2. The fraction of sp³-hybridized carbons (Fsp3) is 0.586. The Bertz CT molecular complexity index is 1290. The van der Waals surface area contributed by atoms with Crippen LogP contribution in [0.25, 0.3) is 10.9 Å². The predicted octanol–water partition coefficient (Wildman–Crippen LogP) is 3.78. The van der Waals surface area contributed by atoms with Gasteiger partial charge in [0.2, 0.25) is 5.91 Å². The molecule has 1 aromatic carbocycles. The number of fused-ring (bicyclic) bond motifs is 2. The Hall–Kier alpha value is -3.16. The molecule has 2 bridgehead atoms. The zero-order chi connectivity index (χ0) is 25.9. The van der Waals surface area contributed by atoms with Crippen LogP contribution in [-0.4, -0.2) is 58.5 Å². The molecule has 3 aliphatic carbocycles. The summed E-state index contributed by atoms with van der Waals surface area (Å²) in [5.41, 5.74) is 0.275. The first-order valence-electron chi connectivity index (χ1n) is 13.6. The minimum atomic E-state index is -0.951. The van der Waals surface area contributed by atoms with Crippen molar-refractivity contribution in [1.82, 2.24) is 15.2 Å². The van der Waals surface area contributed by atoms with Crippen LogP contribution in [0.1, 0.15) is 75.2 Å². The number of aromatic amines is 1. The molecule has 7 rings (SSSR count). The second kappa shape index (κ2) is 8.71. The molecule has 0 radical (unpaired) electrons. The van der Waals surface area contributed by atoms with E-state index in [-0.39, 0.29) is 34.7 Å². The summed E-state index contributed by atoms with van der Waals surface area (Å²) in [6.07, 6.45) is 6.39. The molecule has 196 valence electrons. The van der Waals surface area contributed by atoms with Gasteiger partial charge in [-0.3, -0.25) is 19.2 Å². The number of H-pyrrole nitrogens is 1. The second-order valence-corrected chi connectivity index (χ2v) is 11.7. The van der Waals surface area contributed by atoms with Gasteiger partial charge in [0.1, 0.15) is 22.8 Å². The molecule has 2 aromatic rings. The number of ketones is 2. The monoisotopic (exact) mass is 505 g/mol. The number of carbonyl (C=O) groups is 4. The quantitative estimate of drug-likeness (QED) is 0.539. The molecule has 5 aliphatic rings. The lowest BCUT2D eigenvalue weighted by atomic mass is 9.59. The molecule has 5 fully saturated rings. The average Bonchev–Trinajstić information content (AvgIpc) is 3.23. The van der Waals surface area contributed by atoms with Gasteiger partial charge in [-0.1, -0.05) is 13.0 Å². The number of Topliss-reactive ketones (excluding diaryl/α,β-unsaturated/α-hetero) is 2. The summed E-state index contributed by atoms with van der Waals surface area (Å²) in [5, 5.41) is 3.85. The van der Waals surface area contributed by atoms with Gasteiger partial charge in [-0.25, -0.2) is 0 Å². The van der Waals surface area contributed by atoms with Gasteiger partial charge in [-0.05, 0) is 74.5 Å². The van der Waals surface area contributed by atoms with Crippen LogP contribution in [-0.2, 0) is 14.4 Å². The molecule has 2 aliphatic heterocycles. The Morgan fingerprint density at radius 1 is 1.22 bits per heavy atom. The van der Waals surface area contributed by atoms with E-state index in [1.165, 1.54) is 0 Å². The predicted molar refractivity (Wildman–Crippen MR) is 137 cm³/mol. The summed E-state index contributed by atoms with van der Waals surface area (Å²) in [6, 6.07) is 6.74. The molecule has 2 atom stereocenters. The molecule has 8 heteroatoms. The zero-order valence-corrected chi connectivity index (χ0v) is 21.6. The number of carbonyl (C=O) groups excluding carboxylic acids is 4. The van der Waals surface area contributed by atoms with Crippen molar-refractivity contribution in [3.8, 4) is 5.75 Å². The summed E-state index contributed by atoms with van der Waals surface area (Å²) in [6.45, 7) is 2.34. The van der Waals surface area contributed by atoms with Crippen LogP contribution in [0.4, 0.5) is 0 Å². The van der Waals surface area contributed by atoms with Gasteiger partial charge < -0.3 is 19.9 Å².